The maximum atomic E-state index is 11.5. The van der Waals surface area contributed by atoms with Crippen LogP contribution in [0.1, 0.15) is 10.4 Å². The van der Waals surface area contributed by atoms with Gasteiger partial charge in [0.25, 0.3) is 0 Å². The number of carbonyl (C=O) groups is 1. The zero-order chi connectivity index (χ0) is 14.8. The van der Waals surface area contributed by atoms with Crippen LogP contribution < -0.4 is 0 Å². The van der Waals surface area contributed by atoms with E-state index in [2.05, 4.69) is 4.98 Å². The number of rotatable bonds is 4. The molecule has 2 N–H and O–H groups in total. The highest BCUT2D eigenvalue weighted by atomic mass is 32.2. The third-order valence-corrected chi connectivity index (χ3v) is 4.93. The number of carboxylic acid groups (broad SMARTS) is 1. The minimum atomic E-state index is -0.890. The Morgan fingerprint density at radius 1 is 1.10 bits per heavy atom. The van der Waals surface area contributed by atoms with Gasteiger partial charge in [-0.3, -0.25) is 0 Å². The predicted molar refractivity (Wildman–Crippen MR) is 87.6 cm³/mol. The van der Waals surface area contributed by atoms with Gasteiger partial charge < -0.3 is 10.1 Å². The first-order valence-corrected chi connectivity index (χ1v) is 8.39. The first kappa shape index (κ1) is 14.1. The molecule has 3 aromatic rings. The highest BCUT2D eigenvalue weighted by molar-refractivity contribution is 8.00. The van der Waals surface area contributed by atoms with Crippen molar-refractivity contribution >= 4 is 40.4 Å². The minimum Gasteiger partial charge on any atom is -0.478 e. The molecule has 0 atom stereocenters. The minimum absolute atomic E-state index is 0.369. The Labute approximate surface area is 130 Å². The second-order valence-electron chi connectivity index (χ2n) is 4.46. The summed E-state index contributed by atoms with van der Waals surface area (Å²) < 4.78 is 0. The summed E-state index contributed by atoms with van der Waals surface area (Å²) in [6.45, 7) is 0. The van der Waals surface area contributed by atoms with Gasteiger partial charge in [-0.05, 0) is 30.5 Å². The van der Waals surface area contributed by atoms with Gasteiger partial charge in [-0.1, -0.05) is 36.0 Å². The third kappa shape index (κ3) is 2.80. The van der Waals surface area contributed by atoms with E-state index < -0.39 is 5.97 Å². The van der Waals surface area contributed by atoms with Crippen LogP contribution in [0.5, 0.6) is 0 Å². The van der Waals surface area contributed by atoms with Crippen molar-refractivity contribution in [2.45, 2.75) is 14.8 Å². The molecule has 0 saturated carbocycles. The summed E-state index contributed by atoms with van der Waals surface area (Å²) in [5.41, 5.74) is 1.42. The predicted octanol–water partition coefficient (Wildman–Crippen LogP) is 4.74. The molecule has 5 heteroatoms. The largest absolute Gasteiger partial charge is 0.478 e. The molecule has 0 unspecified atom stereocenters. The van der Waals surface area contributed by atoms with E-state index >= 15 is 0 Å². The molecule has 0 aliphatic carbocycles. The van der Waals surface area contributed by atoms with Gasteiger partial charge in [0.1, 0.15) is 0 Å². The van der Waals surface area contributed by atoms with Crippen molar-refractivity contribution in [1.82, 2.24) is 4.98 Å². The third-order valence-electron chi connectivity index (χ3n) is 3.15. The summed E-state index contributed by atoms with van der Waals surface area (Å²) in [5, 5.41) is 11.5. The number of hydrogen-bond donors (Lipinski definition) is 2. The molecule has 1 heterocycles. The monoisotopic (exact) mass is 315 g/mol. The van der Waals surface area contributed by atoms with Gasteiger partial charge in [0, 0.05) is 20.7 Å². The Bertz CT molecular complexity index is 778. The number of nitrogens with one attached hydrogen (secondary N) is 1. The number of hydrogen-bond acceptors (Lipinski definition) is 3. The van der Waals surface area contributed by atoms with Gasteiger partial charge in [0.05, 0.1) is 10.6 Å². The molecule has 0 aliphatic rings. The molecule has 3 nitrogen and oxygen atoms in total. The fraction of sp³-hybridized carbons (Fsp3) is 0.0625. The van der Waals surface area contributed by atoms with Gasteiger partial charge in [0.15, 0.2) is 0 Å². The van der Waals surface area contributed by atoms with Gasteiger partial charge >= 0.3 is 5.97 Å². The number of aromatic nitrogens is 1. The Kier molecular flexibility index (Phi) is 3.94. The first-order chi connectivity index (χ1) is 10.2. The van der Waals surface area contributed by atoms with E-state index in [9.17, 15) is 9.90 Å². The number of carboxylic acids is 1. The van der Waals surface area contributed by atoms with Gasteiger partial charge in [0.2, 0.25) is 0 Å². The Balaban J connectivity index is 2.03. The summed E-state index contributed by atoms with van der Waals surface area (Å²) >= 11 is 2.90. The van der Waals surface area contributed by atoms with Gasteiger partial charge in [-0.15, -0.1) is 11.8 Å². The number of para-hydroxylation sites is 1. The SMILES string of the molecule is CSc1cccc(Sc2cc3ccccc3[nH]2)c1C(=O)O. The van der Waals surface area contributed by atoms with Crippen molar-refractivity contribution in [2.75, 3.05) is 6.26 Å². The fourth-order valence-corrected chi connectivity index (χ4v) is 3.91. The smallest absolute Gasteiger partial charge is 0.337 e. The quantitative estimate of drug-likeness (QED) is 0.683. The number of aromatic amines is 1. The molecule has 0 radical (unpaired) electrons. The lowest BCUT2D eigenvalue weighted by molar-refractivity contribution is 0.0689. The summed E-state index contributed by atoms with van der Waals surface area (Å²) in [5.74, 6) is -0.890. The van der Waals surface area contributed by atoms with Crippen LogP contribution in [0.4, 0.5) is 0 Å². The number of benzene rings is 2. The molecule has 0 fully saturated rings. The molecule has 0 amide bonds. The van der Waals surface area contributed by atoms with Crippen LogP contribution in [-0.2, 0) is 0 Å². The first-order valence-electron chi connectivity index (χ1n) is 6.35. The van der Waals surface area contributed by atoms with Crippen molar-refractivity contribution < 1.29 is 9.90 Å². The van der Waals surface area contributed by atoms with E-state index in [0.29, 0.717) is 5.56 Å². The highest BCUT2D eigenvalue weighted by Crippen LogP contribution is 2.35. The molecule has 106 valence electrons. The molecule has 3 rings (SSSR count). The molecule has 21 heavy (non-hydrogen) atoms. The number of thioether (sulfide) groups is 1. The fourth-order valence-electron chi connectivity index (χ4n) is 2.20. The summed E-state index contributed by atoms with van der Waals surface area (Å²) in [6, 6.07) is 15.6. The van der Waals surface area contributed by atoms with Crippen LogP contribution >= 0.6 is 23.5 Å². The lowest BCUT2D eigenvalue weighted by atomic mass is 10.2. The summed E-state index contributed by atoms with van der Waals surface area (Å²) in [4.78, 5) is 16.4. The van der Waals surface area contributed by atoms with Crippen LogP contribution in [0, 0.1) is 0 Å². The highest BCUT2D eigenvalue weighted by Gasteiger charge is 2.16. The molecule has 0 bridgehead atoms. The molecule has 1 aromatic heterocycles. The van der Waals surface area contributed by atoms with Crippen LogP contribution in [0.15, 0.2) is 63.3 Å². The maximum absolute atomic E-state index is 11.5. The molecular formula is C16H13NO2S2. The van der Waals surface area contributed by atoms with E-state index in [-0.39, 0.29) is 0 Å². The lowest BCUT2D eigenvalue weighted by Gasteiger charge is -2.08. The van der Waals surface area contributed by atoms with Crippen LogP contribution in [0.25, 0.3) is 10.9 Å². The lowest BCUT2D eigenvalue weighted by Crippen LogP contribution is -2.01. The Morgan fingerprint density at radius 3 is 2.57 bits per heavy atom. The van der Waals surface area contributed by atoms with Crippen molar-refractivity contribution in [3.05, 3.63) is 54.1 Å². The summed E-state index contributed by atoms with van der Waals surface area (Å²) in [7, 11) is 0. The second-order valence-corrected chi connectivity index (χ2v) is 6.39. The standard InChI is InChI=1S/C16H13NO2S2/c1-20-12-7-4-8-13(15(12)16(18)19)21-14-9-10-5-2-3-6-11(10)17-14/h2-9,17H,1H3,(H,18,19). The van der Waals surface area contributed by atoms with Crippen LogP contribution in [0.3, 0.4) is 0 Å². The van der Waals surface area contributed by atoms with Crippen LogP contribution in [-0.4, -0.2) is 22.3 Å². The van der Waals surface area contributed by atoms with E-state index in [1.54, 1.807) is 0 Å². The van der Waals surface area contributed by atoms with Crippen LogP contribution in [0.2, 0.25) is 0 Å². The van der Waals surface area contributed by atoms with Crippen molar-refractivity contribution in [3.8, 4) is 0 Å². The topological polar surface area (TPSA) is 53.1 Å². The number of H-pyrrole nitrogens is 1. The average molecular weight is 315 g/mol. The van der Waals surface area contributed by atoms with Gasteiger partial charge in [-0.2, -0.15) is 0 Å². The zero-order valence-electron chi connectivity index (χ0n) is 11.3. The molecule has 0 aliphatic heterocycles. The average Bonchev–Trinajstić information content (AvgIpc) is 2.88. The molecule has 2 aromatic carbocycles. The number of aromatic carboxylic acids is 1. The van der Waals surface area contributed by atoms with Crippen molar-refractivity contribution in [2.24, 2.45) is 0 Å². The normalized spacial score (nSPS) is 10.9. The van der Waals surface area contributed by atoms with E-state index in [1.165, 1.54) is 23.5 Å². The molecular weight excluding hydrogens is 302 g/mol. The second kappa shape index (κ2) is 5.87. The molecule has 0 spiro atoms. The van der Waals surface area contributed by atoms with E-state index in [4.69, 9.17) is 0 Å². The Morgan fingerprint density at radius 2 is 1.86 bits per heavy atom. The van der Waals surface area contributed by atoms with E-state index in [0.717, 1.165) is 25.7 Å². The zero-order valence-corrected chi connectivity index (χ0v) is 12.9. The van der Waals surface area contributed by atoms with Crippen molar-refractivity contribution in [3.63, 3.8) is 0 Å². The van der Waals surface area contributed by atoms with E-state index in [1.807, 2.05) is 54.8 Å². The van der Waals surface area contributed by atoms with Gasteiger partial charge in [-0.25, -0.2) is 4.79 Å². The number of fused-ring (bicyclic) bond motifs is 1. The maximum Gasteiger partial charge on any atom is 0.337 e. The molecule has 0 saturated heterocycles. The van der Waals surface area contributed by atoms with Crippen molar-refractivity contribution in [1.29, 1.82) is 0 Å². The Hall–Kier alpha value is -1.85. The summed E-state index contributed by atoms with van der Waals surface area (Å²) in [6.07, 6.45) is 1.89.